The van der Waals surface area contributed by atoms with Gasteiger partial charge in [0.05, 0.1) is 16.8 Å². The number of amides is 2. The molecule has 11 heteroatoms. The Morgan fingerprint density at radius 2 is 1.23 bits per heavy atom. The first kappa shape index (κ1) is 19.7. The maximum Gasteiger partial charge on any atom is 0.269 e. The van der Waals surface area contributed by atoms with E-state index >= 15 is 0 Å². The van der Waals surface area contributed by atoms with Gasteiger partial charge in [0.15, 0.2) is 23.3 Å². The Kier molecular flexibility index (Phi) is 4.80. The van der Waals surface area contributed by atoms with Gasteiger partial charge in [-0.15, -0.1) is 0 Å². The van der Waals surface area contributed by atoms with Crippen molar-refractivity contribution in [2.24, 2.45) is 5.16 Å². The normalized spacial score (nSPS) is 16.7. The van der Waals surface area contributed by atoms with Crippen LogP contribution in [0.1, 0.15) is 20.7 Å². The number of fused-ring (bicyclic) bond motifs is 1. The number of halogens is 4. The molecule has 2 aliphatic rings. The average molecular weight is 422 g/mol. The molecule has 156 valence electrons. The van der Waals surface area contributed by atoms with Gasteiger partial charge in [-0.3, -0.25) is 9.59 Å². The average Bonchev–Trinajstić information content (AvgIpc) is 3.02. The number of nitrogens with zero attached hydrogens (tertiary/aromatic N) is 4. The van der Waals surface area contributed by atoms with Gasteiger partial charge in [-0.2, -0.15) is 0 Å². The zero-order chi connectivity index (χ0) is 21.6. The van der Waals surface area contributed by atoms with Crippen LogP contribution in [0, 0.1) is 23.3 Å². The SMILES string of the molecule is O=C1c2c(F)c(F)c(F)c(F)c2C(=O)N1c1ccc(N2CCN(/C=N\O)CC2)cc1. The lowest BCUT2D eigenvalue weighted by molar-refractivity contribution is 0.0924. The minimum Gasteiger partial charge on any atom is -0.410 e. The van der Waals surface area contributed by atoms with Crippen LogP contribution in [0.3, 0.4) is 0 Å². The Morgan fingerprint density at radius 1 is 0.767 bits per heavy atom. The molecule has 0 aliphatic carbocycles. The van der Waals surface area contributed by atoms with Crippen LogP contribution in [0.2, 0.25) is 0 Å². The summed E-state index contributed by atoms with van der Waals surface area (Å²) in [6.07, 6.45) is 1.33. The van der Waals surface area contributed by atoms with E-state index in [1.165, 1.54) is 18.5 Å². The van der Waals surface area contributed by atoms with Crippen molar-refractivity contribution in [3.05, 3.63) is 58.7 Å². The Labute approximate surface area is 167 Å². The lowest BCUT2D eigenvalue weighted by atomic mass is 10.1. The molecule has 0 atom stereocenters. The molecule has 0 saturated carbocycles. The third-order valence-electron chi connectivity index (χ3n) is 5.10. The zero-order valence-corrected chi connectivity index (χ0v) is 15.3. The molecule has 7 nitrogen and oxygen atoms in total. The molecule has 0 unspecified atom stereocenters. The van der Waals surface area contributed by atoms with Gasteiger partial charge in [0, 0.05) is 31.9 Å². The highest BCUT2D eigenvalue weighted by Gasteiger charge is 2.44. The van der Waals surface area contributed by atoms with E-state index in [9.17, 15) is 27.2 Å². The molecule has 2 amide bonds. The molecule has 2 aromatic carbocycles. The molecule has 0 radical (unpaired) electrons. The molecule has 4 rings (SSSR count). The summed E-state index contributed by atoms with van der Waals surface area (Å²) in [7, 11) is 0. The summed E-state index contributed by atoms with van der Waals surface area (Å²) >= 11 is 0. The molecule has 2 aromatic rings. The second-order valence-electron chi connectivity index (χ2n) is 6.72. The van der Waals surface area contributed by atoms with Gasteiger partial charge in [-0.05, 0) is 24.3 Å². The number of oxime groups is 1. The van der Waals surface area contributed by atoms with E-state index in [0.29, 0.717) is 31.1 Å². The first-order chi connectivity index (χ1) is 14.3. The largest absolute Gasteiger partial charge is 0.410 e. The van der Waals surface area contributed by atoms with Crippen LogP contribution in [0.25, 0.3) is 0 Å². The van der Waals surface area contributed by atoms with Crippen molar-refractivity contribution in [1.82, 2.24) is 4.90 Å². The maximum absolute atomic E-state index is 14.0. The third-order valence-corrected chi connectivity index (χ3v) is 5.10. The summed E-state index contributed by atoms with van der Waals surface area (Å²) in [5, 5.41) is 11.6. The summed E-state index contributed by atoms with van der Waals surface area (Å²) in [4.78, 5) is 29.3. The Hall–Kier alpha value is -3.63. The van der Waals surface area contributed by atoms with Gasteiger partial charge >= 0.3 is 0 Å². The number of anilines is 2. The Bertz CT molecular complexity index is 1020. The van der Waals surface area contributed by atoms with Crippen LogP contribution < -0.4 is 9.80 Å². The smallest absolute Gasteiger partial charge is 0.269 e. The third kappa shape index (κ3) is 2.93. The zero-order valence-electron chi connectivity index (χ0n) is 15.3. The molecule has 2 heterocycles. The van der Waals surface area contributed by atoms with Crippen LogP contribution >= 0.6 is 0 Å². The van der Waals surface area contributed by atoms with Crippen molar-refractivity contribution in [3.63, 3.8) is 0 Å². The highest BCUT2D eigenvalue weighted by molar-refractivity contribution is 6.34. The fourth-order valence-corrected chi connectivity index (χ4v) is 3.56. The summed E-state index contributed by atoms with van der Waals surface area (Å²) in [6.45, 7) is 2.46. The van der Waals surface area contributed by atoms with Gasteiger partial charge < -0.3 is 15.0 Å². The molecule has 30 heavy (non-hydrogen) atoms. The fraction of sp³-hybridized carbons (Fsp3) is 0.211. The second kappa shape index (κ2) is 7.32. The van der Waals surface area contributed by atoms with Crippen molar-refractivity contribution in [3.8, 4) is 0 Å². The predicted molar refractivity (Wildman–Crippen MR) is 97.9 cm³/mol. The number of hydrogen-bond donors (Lipinski definition) is 1. The summed E-state index contributed by atoms with van der Waals surface area (Å²) in [6, 6.07) is 6.04. The number of imide groups is 1. The summed E-state index contributed by atoms with van der Waals surface area (Å²) in [5.74, 6) is -10.6. The molecule has 0 bridgehead atoms. The van der Waals surface area contributed by atoms with Crippen molar-refractivity contribution in [2.45, 2.75) is 0 Å². The monoisotopic (exact) mass is 422 g/mol. The van der Waals surface area contributed by atoms with Gasteiger partial charge in [0.2, 0.25) is 0 Å². The van der Waals surface area contributed by atoms with Crippen LogP contribution in [0.4, 0.5) is 28.9 Å². The summed E-state index contributed by atoms with van der Waals surface area (Å²) < 4.78 is 55.1. The lowest BCUT2D eigenvalue weighted by Gasteiger charge is -2.34. The Morgan fingerprint density at radius 3 is 1.70 bits per heavy atom. The second-order valence-corrected chi connectivity index (χ2v) is 6.72. The quantitative estimate of drug-likeness (QED) is 0.120. The minimum atomic E-state index is -2.14. The Balaban J connectivity index is 1.60. The van der Waals surface area contributed by atoms with Crippen LogP contribution in [-0.2, 0) is 0 Å². The van der Waals surface area contributed by atoms with E-state index in [-0.39, 0.29) is 5.69 Å². The van der Waals surface area contributed by atoms with E-state index in [1.807, 2.05) is 9.80 Å². The molecule has 2 aliphatic heterocycles. The molecule has 1 fully saturated rings. The van der Waals surface area contributed by atoms with Crippen LogP contribution in [0.5, 0.6) is 0 Å². The van der Waals surface area contributed by atoms with Gasteiger partial charge in [-0.25, -0.2) is 22.5 Å². The van der Waals surface area contributed by atoms with Crippen molar-refractivity contribution < 1.29 is 32.4 Å². The first-order valence-electron chi connectivity index (χ1n) is 8.86. The molecule has 1 N–H and O–H groups in total. The highest BCUT2D eigenvalue weighted by Crippen LogP contribution is 2.35. The van der Waals surface area contributed by atoms with E-state index in [4.69, 9.17) is 5.21 Å². The van der Waals surface area contributed by atoms with Gasteiger partial charge in [-0.1, -0.05) is 5.16 Å². The molecule has 1 saturated heterocycles. The predicted octanol–water partition coefficient (Wildman–Crippen LogP) is 2.58. The van der Waals surface area contributed by atoms with E-state index < -0.39 is 46.2 Å². The fourth-order valence-electron chi connectivity index (χ4n) is 3.56. The topological polar surface area (TPSA) is 76.5 Å². The van der Waals surface area contributed by atoms with Gasteiger partial charge in [0.1, 0.15) is 6.34 Å². The van der Waals surface area contributed by atoms with Crippen molar-refractivity contribution in [1.29, 1.82) is 0 Å². The highest BCUT2D eigenvalue weighted by atomic mass is 19.2. The molecule has 0 spiro atoms. The molecule has 0 aromatic heterocycles. The number of rotatable bonds is 3. The van der Waals surface area contributed by atoms with E-state index in [1.54, 1.807) is 12.1 Å². The van der Waals surface area contributed by atoms with Crippen molar-refractivity contribution in [2.75, 3.05) is 36.0 Å². The number of carbonyl (C=O) groups excluding carboxylic acids is 2. The maximum atomic E-state index is 14.0. The standard InChI is InChI=1S/C19H14F4N4O3/c20-14-12-13(15(21)17(23)16(14)22)19(29)27(18(12)28)11-3-1-10(2-4-11)26-7-5-25(6-8-26)9-24-30/h1-4,9,30H,5-8H2/b24-9-. The minimum absolute atomic E-state index is 0.00983. The molecular weight excluding hydrogens is 408 g/mol. The number of piperazine rings is 1. The van der Waals surface area contributed by atoms with Crippen LogP contribution in [-0.4, -0.2) is 54.4 Å². The number of benzene rings is 2. The van der Waals surface area contributed by atoms with Crippen LogP contribution in [0.15, 0.2) is 29.4 Å². The van der Waals surface area contributed by atoms with Crippen molar-refractivity contribution >= 4 is 29.5 Å². The molecular formula is C19H14F4N4O3. The van der Waals surface area contributed by atoms with E-state index in [2.05, 4.69) is 5.16 Å². The number of hydrogen-bond acceptors (Lipinski definition) is 5. The summed E-state index contributed by atoms with van der Waals surface area (Å²) in [5.41, 5.74) is -1.47. The first-order valence-corrected chi connectivity index (χ1v) is 8.86. The van der Waals surface area contributed by atoms with E-state index in [0.717, 1.165) is 5.69 Å². The van der Waals surface area contributed by atoms with Gasteiger partial charge in [0.25, 0.3) is 11.8 Å². The lowest BCUT2D eigenvalue weighted by Crippen LogP contribution is -2.45. The number of carbonyl (C=O) groups is 2.